The predicted octanol–water partition coefficient (Wildman–Crippen LogP) is 5.87. The number of Topliss-reactive ketones (excluding diaryl/α,β-unsaturated/α-hetero) is 1. The number of aryl methyl sites for hydroxylation is 3. The maximum absolute atomic E-state index is 13.6. The number of anilines is 1. The standard InChI is InChI=1S/C29H26N2O5S/c1-15-6-8-18(9-7-15)26(32)23-25(20-14-19(35-4)10-11-21(20)36-5)31(28(34)27(23)33)29-30-24-17(3)12-16(2)13-22(24)37-29/h6-14,25,32H,1-5H3/b26-23+/t25-/m0/s1. The van der Waals surface area contributed by atoms with E-state index in [1.54, 1.807) is 30.3 Å². The second kappa shape index (κ2) is 9.37. The van der Waals surface area contributed by atoms with Crippen LogP contribution in [-0.2, 0) is 9.59 Å². The van der Waals surface area contributed by atoms with Crippen molar-refractivity contribution in [1.82, 2.24) is 4.98 Å². The van der Waals surface area contributed by atoms with Gasteiger partial charge in [-0.2, -0.15) is 0 Å². The molecule has 1 aliphatic heterocycles. The van der Waals surface area contributed by atoms with Crippen molar-refractivity contribution < 1.29 is 24.2 Å². The van der Waals surface area contributed by atoms with Gasteiger partial charge in [-0.25, -0.2) is 4.98 Å². The highest BCUT2D eigenvalue weighted by Gasteiger charge is 2.49. The van der Waals surface area contributed by atoms with Gasteiger partial charge in [0.2, 0.25) is 0 Å². The Morgan fingerprint density at radius 3 is 2.35 bits per heavy atom. The van der Waals surface area contributed by atoms with Crippen molar-refractivity contribution >= 4 is 44.1 Å². The molecule has 1 fully saturated rings. The second-order valence-electron chi connectivity index (χ2n) is 9.07. The molecule has 0 bridgehead atoms. The van der Waals surface area contributed by atoms with Crippen LogP contribution in [0.2, 0.25) is 0 Å². The first-order valence-electron chi connectivity index (χ1n) is 11.7. The van der Waals surface area contributed by atoms with Crippen molar-refractivity contribution in [2.75, 3.05) is 19.1 Å². The molecule has 4 aromatic rings. The maximum Gasteiger partial charge on any atom is 0.301 e. The summed E-state index contributed by atoms with van der Waals surface area (Å²) in [5, 5.41) is 11.8. The Balaban J connectivity index is 1.80. The van der Waals surface area contributed by atoms with E-state index in [1.807, 2.05) is 45.0 Å². The van der Waals surface area contributed by atoms with Gasteiger partial charge in [0.15, 0.2) is 5.13 Å². The monoisotopic (exact) mass is 514 g/mol. The zero-order valence-electron chi connectivity index (χ0n) is 21.2. The molecule has 8 heteroatoms. The Morgan fingerprint density at radius 2 is 1.68 bits per heavy atom. The third-order valence-electron chi connectivity index (χ3n) is 6.53. The average Bonchev–Trinajstić information content (AvgIpc) is 3.42. The zero-order valence-corrected chi connectivity index (χ0v) is 22.0. The van der Waals surface area contributed by atoms with Crippen LogP contribution in [0.5, 0.6) is 11.5 Å². The number of rotatable bonds is 5. The molecule has 1 amide bonds. The smallest absolute Gasteiger partial charge is 0.301 e. The van der Waals surface area contributed by atoms with Gasteiger partial charge < -0.3 is 14.6 Å². The number of aliphatic hydroxyl groups excluding tert-OH is 1. The van der Waals surface area contributed by atoms with Gasteiger partial charge in [-0.3, -0.25) is 14.5 Å². The van der Waals surface area contributed by atoms with Crippen LogP contribution in [0.15, 0.2) is 60.2 Å². The van der Waals surface area contributed by atoms with E-state index in [0.29, 0.717) is 27.8 Å². The fraction of sp³-hybridized carbons (Fsp3) is 0.207. The molecule has 1 aliphatic rings. The molecule has 1 saturated heterocycles. The molecule has 0 spiro atoms. The zero-order chi connectivity index (χ0) is 26.4. The van der Waals surface area contributed by atoms with Gasteiger partial charge in [-0.05, 0) is 56.2 Å². The fourth-order valence-corrected chi connectivity index (χ4v) is 5.87. The molecule has 2 heterocycles. The first-order chi connectivity index (χ1) is 17.7. The van der Waals surface area contributed by atoms with E-state index >= 15 is 0 Å². The molecule has 188 valence electrons. The SMILES string of the molecule is COc1ccc(OC)c([C@H]2/C(=C(\O)c3ccc(C)cc3)C(=O)C(=O)N2c2nc3c(C)cc(C)cc3s2)c1. The van der Waals surface area contributed by atoms with Crippen LogP contribution < -0.4 is 14.4 Å². The predicted molar refractivity (Wildman–Crippen MR) is 145 cm³/mol. The number of methoxy groups -OCH3 is 2. The number of aliphatic hydroxyl groups is 1. The van der Waals surface area contributed by atoms with E-state index in [9.17, 15) is 14.7 Å². The Kier molecular flexibility index (Phi) is 6.21. The maximum atomic E-state index is 13.6. The highest BCUT2D eigenvalue weighted by molar-refractivity contribution is 7.22. The molecule has 0 aliphatic carbocycles. The van der Waals surface area contributed by atoms with E-state index in [1.165, 1.54) is 30.5 Å². The summed E-state index contributed by atoms with van der Waals surface area (Å²) in [6.45, 7) is 5.90. The molecule has 1 aromatic heterocycles. The Morgan fingerprint density at radius 1 is 0.946 bits per heavy atom. The van der Waals surface area contributed by atoms with Crippen LogP contribution in [0.1, 0.15) is 33.9 Å². The van der Waals surface area contributed by atoms with Crippen molar-refractivity contribution in [2.24, 2.45) is 0 Å². The van der Waals surface area contributed by atoms with Crippen LogP contribution in [0.25, 0.3) is 16.0 Å². The number of nitrogens with zero attached hydrogens (tertiary/aromatic N) is 2. The third kappa shape index (κ3) is 4.13. The number of amides is 1. The van der Waals surface area contributed by atoms with Crippen LogP contribution in [-0.4, -0.2) is 36.0 Å². The van der Waals surface area contributed by atoms with Crippen LogP contribution in [0.4, 0.5) is 5.13 Å². The van der Waals surface area contributed by atoms with Crippen molar-refractivity contribution in [3.8, 4) is 11.5 Å². The van der Waals surface area contributed by atoms with Gasteiger partial charge in [0.1, 0.15) is 23.3 Å². The normalized spacial score (nSPS) is 17.0. The molecule has 37 heavy (non-hydrogen) atoms. The summed E-state index contributed by atoms with van der Waals surface area (Å²) in [4.78, 5) is 33.3. The molecule has 7 nitrogen and oxygen atoms in total. The van der Waals surface area contributed by atoms with Crippen molar-refractivity contribution in [2.45, 2.75) is 26.8 Å². The lowest BCUT2D eigenvalue weighted by Gasteiger charge is -2.25. The molecule has 1 atom stereocenters. The lowest BCUT2D eigenvalue weighted by Crippen LogP contribution is -2.29. The van der Waals surface area contributed by atoms with Gasteiger partial charge in [-0.15, -0.1) is 0 Å². The Bertz CT molecular complexity index is 1590. The highest BCUT2D eigenvalue weighted by atomic mass is 32.1. The van der Waals surface area contributed by atoms with E-state index in [0.717, 1.165) is 26.9 Å². The number of thiazole rings is 1. The first kappa shape index (κ1) is 24.5. The van der Waals surface area contributed by atoms with Crippen molar-refractivity contribution in [3.63, 3.8) is 0 Å². The number of ketones is 1. The number of hydrogen-bond acceptors (Lipinski definition) is 7. The summed E-state index contributed by atoms with van der Waals surface area (Å²) in [6.07, 6.45) is 0. The number of carbonyl (C=O) groups excluding carboxylic acids is 2. The van der Waals surface area contributed by atoms with Crippen molar-refractivity contribution in [1.29, 1.82) is 0 Å². The number of ether oxygens (including phenoxy) is 2. The summed E-state index contributed by atoms with van der Waals surface area (Å²) < 4.78 is 12.0. The highest BCUT2D eigenvalue weighted by Crippen LogP contribution is 2.47. The van der Waals surface area contributed by atoms with Crippen LogP contribution in [0, 0.1) is 20.8 Å². The number of carbonyl (C=O) groups is 2. The summed E-state index contributed by atoms with van der Waals surface area (Å²) in [7, 11) is 3.05. The van der Waals surface area contributed by atoms with Crippen LogP contribution >= 0.6 is 11.3 Å². The first-order valence-corrected chi connectivity index (χ1v) is 12.5. The molecule has 5 rings (SSSR count). The van der Waals surface area contributed by atoms with Crippen molar-refractivity contribution in [3.05, 3.63) is 88.0 Å². The minimum absolute atomic E-state index is 0.0347. The number of fused-ring (bicyclic) bond motifs is 1. The summed E-state index contributed by atoms with van der Waals surface area (Å²) in [6, 6.07) is 15.3. The molecule has 0 unspecified atom stereocenters. The third-order valence-corrected chi connectivity index (χ3v) is 7.53. The lowest BCUT2D eigenvalue weighted by molar-refractivity contribution is -0.132. The molecular weight excluding hydrogens is 488 g/mol. The van der Waals surface area contributed by atoms with E-state index < -0.39 is 17.7 Å². The summed E-state index contributed by atoms with van der Waals surface area (Å²) in [5.41, 5.74) is 4.73. The Labute approximate surface area is 218 Å². The van der Waals surface area contributed by atoms with Gasteiger partial charge in [0.05, 0.1) is 30.0 Å². The molecular formula is C29H26N2O5S. The summed E-state index contributed by atoms with van der Waals surface area (Å²) in [5.74, 6) is -0.853. The van der Waals surface area contributed by atoms with Gasteiger partial charge in [-0.1, -0.05) is 47.2 Å². The van der Waals surface area contributed by atoms with Crippen LogP contribution in [0.3, 0.4) is 0 Å². The molecule has 0 radical (unpaired) electrons. The van der Waals surface area contributed by atoms with Gasteiger partial charge in [0.25, 0.3) is 5.78 Å². The van der Waals surface area contributed by atoms with E-state index in [2.05, 4.69) is 0 Å². The molecule has 0 saturated carbocycles. The number of hydrogen-bond donors (Lipinski definition) is 1. The van der Waals surface area contributed by atoms with Gasteiger partial charge >= 0.3 is 5.91 Å². The largest absolute Gasteiger partial charge is 0.507 e. The fourth-order valence-electron chi connectivity index (χ4n) is 4.71. The number of benzene rings is 3. The molecule has 1 N–H and O–H groups in total. The van der Waals surface area contributed by atoms with E-state index in [4.69, 9.17) is 14.5 Å². The second-order valence-corrected chi connectivity index (χ2v) is 10.1. The minimum Gasteiger partial charge on any atom is -0.507 e. The summed E-state index contributed by atoms with van der Waals surface area (Å²) >= 11 is 1.33. The average molecular weight is 515 g/mol. The lowest BCUT2D eigenvalue weighted by atomic mass is 9.94. The Hall–Kier alpha value is -4.17. The van der Waals surface area contributed by atoms with E-state index in [-0.39, 0.29) is 11.3 Å². The quantitative estimate of drug-likeness (QED) is 0.204. The van der Waals surface area contributed by atoms with Gasteiger partial charge in [0, 0.05) is 11.1 Å². The minimum atomic E-state index is -0.978. The molecule has 3 aromatic carbocycles. The topological polar surface area (TPSA) is 89.0 Å². The number of aromatic nitrogens is 1.